The van der Waals surface area contributed by atoms with Crippen LogP contribution in [0.1, 0.15) is 26.2 Å². The number of carbonyl (C=O) groups excluding carboxylic acids is 2. The molecule has 2 N–H and O–H groups in total. The van der Waals surface area contributed by atoms with E-state index in [1.165, 1.54) is 5.39 Å². The average Bonchev–Trinajstić information content (AvgIpc) is 2.96. The van der Waals surface area contributed by atoms with E-state index < -0.39 is 0 Å². The molecule has 2 heterocycles. The molecule has 1 aliphatic rings. The van der Waals surface area contributed by atoms with Gasteiger partial charge < -0.3 is 15.2 Å². The van der Waals surface area contributed by atoms with Crippen LogP contribution in [0.5, 0.6) is 0 Å². The number of aromatic nitrogens is 1. The molecule has 1 aromatic carbocycles. The zero-order valence-corrected chi connectivity index (χ0v) is 13.4. The third-order valence-electron chi connectivity index (χ3n) is 4.85. The summed E-state index contributed by atoms with van der Waals surface area (Å²) in [6.45, 7) is 3.15. The number of hydrogen-bond donors (Lipinski definition) is 1. The maximum Gasteiger partial charge on any atom is 0.224 e. The molecule has 1 fully saturated rings. The van der Waals surface area contributed by atoms with Crippen LogP contribution in [0.3, 0.4) is 0 Å². The van der Waals surface area contributed by atoms with Crippen LogP contribution in [0, 0.1) is 5.92 Å². The molecule has 0 unspecified atom stereocenters. The summed E-state index contributed by atoms with van der Waals surface area (Å²) in [4.78, 5) is 25.8. The minimum Gasteiger partial charge on any atom is -0.369 e. The molecular weight excluding hydrogens is 290 g/mol. The zero-order valence-electron chi connectivity index (χ0n) is 13.4. The van der Waals surface area contributed by atoms with Gasteiger partial charge in [-0.3, -0.25) is 9.59 Å². The Kier molecular flexibility index (Phi) is 4.37. The summed E-state index contributed by atoms with van der Waals surface area (Å²) in [5.74, 6) is -0.408. The van der Waals surface area contributed by atoms with E-state index in [1.54, 1.807) is 0 Å². The monoisotopic (exact) mass is 313 g/mol. The number of aryl methyl sites for hydroxylation is 1. The number of carbonyl (C=O) groups is 2. The van der Waals surface area contributed by atoms with E-state index in [4.69, 9.17) is 5.73 Å². The van der Waals surface area contributed by atoms with E-state index in [9.17, 15) is 9.59 Å². The van der Waals surface area contributed by atoms with Crippen LogP contribution in [0.2, 0.25) is 0 Å². The molecule has 5 heteroatoms. The van der Waals surface area contributed by atoms with Gasteiger partial charge in [-0.1, -0.05) is 18.2 Å². The second kappa shape index (κ2) is 6.44. The lowest BCUT2D eigenvalue weighted by atomic mass is 9.92. The van der Waals surface area contributed by atoms with Gasteiger partial charge in [0, 0.05) is 37.3 Å². The van der Waals surface area contributed by atoms with Crippen molar-refractivity contribution in [3.63, 3.8) is 0 Å². The summed E-state index contributed by atoms with van der Waals surface area (Å²) < 4.78 is 2.10. The van der Waals surface area contributed by atoms with Gasteiger partial charge in [-0.15, -0.1) is 0 Å². The Balaban J connectivity index is 1.65. The highest BCUT2D eigenvalue weighted by Gasteiger charge is 2.31. The topological polar surface area (TPSA) is 68.3 Å². The van der Waals surface area contributed by atoms with Gasteiger partial charge in [0.25, 0.3) is 0 Å². The molecule has 2 amide bonds. The molecule has 2 aromatic rings. The van der Waals surface area contributed by atoms with Gasteiger partial charge in [0.15, 0.2) is 0 Å². The maximum absolute atomic E-state index is 12.6. The third-order valence-corrected chi connectivity index (χ3v) is 4.85. The maximum atomic E-state index is 12.6. The van der Waals surface area contributed by atoms with Gasteiger partial charge in [-0.2, -0.15) is 0 Å². The minimum atomic E-state index is -0.300. The van der Waals surface area contributed by atoms with Crippen molar-refractivity contribution in [1.29, 1.82) is 0 Å². The van der Waals surface area contributed by atoms with Crippen LogP contribution in [0.4, 0.5) is 0 Å². The lowest BCUT2D eigenvalue weighted by Crippen LogP contribution is -2.48. The Bertz CT molecular complexity index is 722. The summed E-state index contributed by atoms with van der Waals surface area (Å²) in [7, 11) is 0. The van der Waals surface area contributed by atoms with E-state index in [0.717, 1.165) is 18.4 Å². The molecule has 0 saturated carbocycles. The van der Waals surface area contributed by atoms with Crippen LogP contribution in [0.15, 0.2) is 36.5 Å². The molecule has 3 rings (SSSR count). The van der Waals surface area contributed by atoms with Crippen molar-refractivity contribution < 1.29 is 9.59 Å². The Labute approximate surface area is 136 Å². The van der Waals surface area contributed by atoms with E-state index in [2.05, 4.69) is 22.8 Å². The van der Waals surface area contributed by atoms with Crippen molar-refractivity contribution in [3.05, 3.63) is 36.5 Å². The molecule has 1 saturated heterocycles. The molecule has 23 heavy (non-hydrogen) atoms. The number of nitrogens with zero attached hydrogens (tertiary/aromatic N) is 2. The summed E-state index contributed by atoms with van der Waals surface area (Å²) in [6, 6.07) is 10.4. The van der Waals surface area contributed by atoms with Crippen LogP contribution in [0.25, 0.3) is 10.9 Å². The normalized spacial score (nSPS) is 21.5. The second-order valence-corrected chi connectivity index (χ2v) is 6.39. The van der Waals surface area contributed by atoms with Crippen LogP contribution in [-0.2, 0) is 16.1 Å². The number of rotatable bonds is 4. The SMILES string of the molecule is C[C@@H]1CC[C@H](C(N)=O)CN1C(=O)CCn1ccc2ccccc21. The first-order valence-corrected chi connectivity index (χ1v) is 8.19. The number of piperidine rings is 1. The number of hydrogen-bond acceptors (Lipinski definition) is 2. The van der Waals surface area contributed by atoms with Crippen molar-refractivity contribution in [2.24, 2.45) is 11.7 Å². The summed E-state index contributed by atoms with van der Waals surface area (Å²) in [5.41, 5.74) is 6.55. The number of amides is 2. The van der Waals surface area contributed by atoms with Gasteiger partial charge in [-0.05, 0) is 37.3 Å². The first-order chi connectivity index (χ1) is 11.1. The smallest absolute Gasteiger partial charge is 0.224 e. The first kappa shape index (κ1) is 15.6. The quantitative estimate of drug-likeness (QED) is 0.939. The fourth-order valence-corrected chi connectivity index (χ4v) is 3.38. The molecule has 0 aliphatic carbocycles. The fraction of sp³-hybridized carbons (Fsp3) is 0.444. The Hall–Kier alpha value is -2.30. The van der Waals surface area contributed by atoms with Gasteiger partial charge in [0.2, 0.25) is 11.8 Å². The number of fused-ring (bicyclic) bond motifs is 1. The van der Waals surface area contributed by atoms with Gasteiger partial charge in [0.05, 0.1) is 5.92 Å². The molecule has 2 atom stereocenters. The molecule has 0 spiro atoms. The third kappa shape index (κ3) is 3.23. The van der Waals surface area contributed by atoms with Gasteiger partial charge >= 0.3 is 0 Å². The molecule has 1 aliphatic heterocycles. The van der Waals surface area contributed by atoms with Crippen LogP contribution < -0.4 is 5.73 Å². The highest BCUT2D eigenvalue weighted by atomic mass is 16.2. The second-order valence-electron chi connectivity index (χ2n) is 6.39. The average molecular weight is 313 g/mol. The van der Waals surface area contributed by atoms with Gasteiger partial charge in [0.1, 0.15) is 0 Å². The molecule has 122 valence electrons. The van der Waals surface area contributed by atoms with Crippen molar-refractivity contribution in [3.8, 4) is 0 Å². The summed E-state index contributed by atoms with van der Waals surface area (Å²) in [5, 5.41) is 1.18. The predicted octanol–water partition coefficient (Wildman–Crippen LogP) is 2.14. The molecule has 0 radical (unpaired) electrons. The van der Waals surface area contributed by atoms with E-state index >= 15 is 0 Å². The van der Waals surface area contributed by atoms with E-state index in [-0.39, 0.29) is 23.8 Å². The lowest BCUT2D eigenvalue weighted by Gasteiger charge is -2.37. The fourth-order valence-electron chi connectivity index (χ4n) is 3.38. The summed E-state index contributed by atoms with van der Waals surface area (Å²) >= 11 is 0. The highest BCUT2D eigenvalue weighted by molar-refractivity contribution is 5.82. The van der Waals surface area contributed by atoms with Crippen molar-refractivity contribution >= 4 is 22.7 Å². The van der Waals surface area contributed by atoms with E-state index in [1.807, 2.05) is 30.2 Å². The molecule has 0 bridgehead atoms. The predicted molar refractivity (Wildman–Crippen MR) is 89.6 cm³/mol. The minimum absolute atomic E-state index is 0.0984. The molecule has 1 aromatic heterocycles. The standard InChI is InChI=1S/C18H23N3O2/c1-13-6-7-15(18(19)23)12-21(13)17(22)9-11-20-10-8-14-4-2-3-5-16(14)20/h2-5,8,10,13,15H,6-7,9,11-12H2,1H3,(H2,19,23)/t13-,15+/m1/s1. The largest absolute Gasteiger partial charge is 0.369 e. The molecule has 5 nitrogen and oxygen atoms in total. The number of likely N-dealkylation sites (tertiary alicyclic amines) is 1. The number of nitrogens with two attached hydrogens (primary N) is 1. The zero-order chi connectivity index (χ0) is 16.4. The van der Waals surface area contributed by atoms with Crippen LogP contribution in [-0.4, -0.2) is 33.9 Å². The first-order valence-electron chi connectivity index (χ1n) is 8.19. The van der Waals surface area contributed by atoms with Crippen molar-refractivity contribution in [2.45, 2.75) is 38.8 Å². The number of para-hydroxylation sites is 1. The van der Waals surface area contributed by atoms with Gasteiger partial charge in [-0.25, -0.2) is 0 Å². The summed E-state index contributed by atoms with van der Waals surface area (Å²) in [6.07, 6.45) is 4.08. The Morgan fingerprint density at radius 3 is 2.78 bits per heavy atom. The Morgan fingerprint density at radius 1 is 1.22 bits per heavy atom. The van der Waals surface area contributed by atoms with Crippen LogP contribution >= 0.6 is 0 Å². The van der Waals surface area contributed by atoms with E-state index in [0.29, 0.717) is 19.5 Å². The van der Waals surface area contributed by atoms with Crippen molar-refractivity contribution in [1.82, 2.24) is 9.47 Å². The lowest BCUT2D eigenvalue weighted by molar-refractivity contribution is -0.137. The molecular formula is C18H23N3O2. The Morgan fingerprint density at radius 2 is 2.00 bits per heavy atom. The number of benzene rings is 1. The van der Waals surface area contributed by atoms with Crippen molar-refractivity contribution in [2.75, 3.05) is 6.54 Å². The number of primary amides is 1. The highest BCUT2D eigenvalue weighted by Crippen LogP contribution is 2.23.